The number of aryl methyl sites for hydroxylation is 2. The molecule has 0 aliphatic rings. The van der Waals surface area contributed by atoms with Gasteiger partial charge in [-0.05, 0) is 13.8 Å². The van der Waals surface area contributed by atoms with E-state index in [4.69, 9.17) is 23.2 Å². The Bertz CT molecular complexity index is 545. The van der Waals surface area contributed by atoms with Crippen molar-refractivity contribution in [3.8, 4) is 0 Å². The van der Waals surface area contributed by atoms with E-state index in [1.54, 1.807) is 12.1 Å². The smallest absolute Gasteiger partial charge is 0.222 e. The highest BCUT2D eigenvalue weighted by Crippen LogP contribution is 2.29. The molecule has 0 atom stereocenters. The summed E-state index contributed by atoms with van der Waals surface area (Å²) in [6.45, 7) is 4.02. The quantitative estimate of drug-likeness (QED) is 0.454. The van der Waals surface area contributed by atoms with Gasteiger partial charge in [-0.2, -0.15) is 0 Å². The Kier molecular flexibility index (Phi) is 6.60. The molecule has 0 spiro atoms. The molecule has 0 heterocycles. The van der Waals surface area contributed by atoms with Crippen molar-refractivity contribution in [1.29, 1.82) is 0 Å². The summed E-state index contributed by atoms with van der Waals surface area (Å²) in [6, 6.07) is 17.2. The van der Waals surface area contributed by atoms with Crippen LogP contribution in [0.5, 0.6) is 0 Å². The summed E-state index contributed by atoms with van der Waals surface area (Å²) in [7, 11) is 0. The van der Waals surface area contributed by atoms with Crippen LogP contribution in [0.2, 0.25) is 0 Å². The first-order chi connectivity index (χ1) is 9.30. The number of hydrogen-bond donors (Lipinski definition) is 1. The van der Waals surface area contributed by atoms with E-state index in [9.17, 15) is 4.79 Å². The third-order valence-electron chi connectivity index (χ3n) is 2.53. The fourth-order valence-electron chi connectivity index (χ4n) is 1.41. The van der Waals surface area contributed by atoms with Crippen molar-refractivity contribution in [2.45, 2.75) is 17.5 Å². The first-order valence-electron chi connectivity index (χ1n) is 6.04. The second kappa shape index (κ2) is 7.72. The van der Waals surface area contributed by atoms with Crippen molar-refractivity contribution < 1.29 is 4.79 Å². The second-order valence-corrected chi connectivity index (χ2v) is 6.92. The molecule has 106 valence electrons. The van der Waals surface area contributed by atoms with Crippen LogP contribution in [0.4, 0.5) is 0 Å². The molecule has 0 aliphatic carbocycles. The lowest BCUT2D eigenvalue weighted by molar-refractivity contribution is 0.0999. The molecule has 2 aromatic rings. The molecular formula is C16H16Cl2OS. The maximum Gasteiger partial charge on any atom is 0.222 e. The Morgan fingerprint density at radius 1 is 0.900 bits per heavy atom. The van der Waals surface area contributed by atoms with Gasteiger partial charge in [-0.3, -0.25) is 4.79 Å². The van der Waals surface area contributed by atoms with Gasteiger partial charge in [-0.15, -0.1) is 12.6 Å². The maximum atomic E-state index is 11.4. The van der Waals surface area contributed by atoms with E-state index in [0.29, 0.717) is 5.56 Å². The van der Waals surface area contributed by atoms with Crippen molar-refractivity contribution in [3.63, 3.8) is 0 Å². The number of rotatable bonds is 2. The van der Waals surface area contributed by atoms with Crippen LogP contribution in [0.1, 0.15) is 21.5 Å². The average Bonchev–Trinajstić information content (AvgIpc) is 2.39. The van der Waals surface area contributed by atoms with Crippen LogP contribution < -0.4 is 0 Å². The van der Waals surface area contributed by atoms with Crippen molar-refractivity contribution in [3.05, 3.63) is 71.3 Å². The molecule has 0 N–H and O–H groups in total. The Hall–Kier alpha value is -0.960. The zero-order valence-corrected chi connectivity index (χ0v) is 13.7. The van der Waals surface area contributed by atoms with Crippen LogP contribution in [-0.2, 0) is 0 Å². The molecule has 2 rings (SSSR count). The van der Waals surface area contributed by atoms with Crippen LogP contribution in [0.15, 0.2) is 54.6 Å². The van der Waals surface area contributed by atoms with Gasteiger partial charge < -0.3 is 0 Å². The van der Waals surface area contributed by atoms with Gasteiger partial charge in [0, 0.05) is 5.56 Å². The first-order valence-corrected chi connectivity index (χ1v) is 7.24. The van der Waals surface area contributed by atoms with Gasteiger partial charge in [-0.1, -0.05) is 88.9 Å². The fraction of sp³-hybridized carbons (Fsp3) is 0.188. The number of carbonyl (C=O) groups is 1. The Morgan fingerprint density at radius 3 is 1.70 bits per heavy atom. The normalized spacial score (nSPS) is 10.4. The average molecular weight is 327 g/mol. The largest absolute Gasteiger partial charge is 0.290 e. The highest BCUT2D eigenvalue weighted by Gasteiger charge is 2.29. The van der Waals surface area contributed by atoms with E-state index in [1.807, 2.05) is 37.3 Å². The number of alkyl halides is 2. The minimum atomic E-state index is -1.64. The highest BCUT2D eigenvalue weighted by atomic mass is 35.5. The number of Topliss-reactive ketones (excluding diaryl/α,β-unsaturated/α-hetero) is 1. The molecule has 20 heavy (non-hydrogen) atoms. The highest BCUT2D eigenvalue weighted by molar-refractivity contribution is 7.86. The van der Waals surface area contributed by atoms with E-state index >= 15 is 0 Å². The van der Waals surface area contributed by atoms with Crippen molar-refractivity contribution in [2.75, 3.05) is 0 Å². The van der Waals surface area contributed by atoms with Gasteiger partial charge in [0.05, 0.1) is 0 Å². The van der Waals surface area contributed by atoms with E-state index in [-0.39, 0.29) is 0 Å². The molecule has 0 unspecified atom stereocenters. The third-order valence-corrected chi connectivity index (χ3v) is 3.07. The van der Waals surface area contributed by atoms with Crippen LogP contribution in [0.3, 0.4) is 0 Å². The predicted octanol–water partition coefficient (Wildman–Crippen LogP) is 5.23. The molecule has 0 saturated carbocycles. The SMILES string of the molecule is Cc1ccc(C(=O)C(S)(Cl)Cl)cc1.Cc1ccccc1. The van der Waals surface area contributed by atoms with Crippen LogP contribution in [-0.4, -0.2) is 9.45 Å². The summed E-state index contributed by atoms with van der Waals surface area (Å²) in [5.41, 5.74) is 2.86. The first kappa shape index (κ1) is 17.1. The van der Waals surface area contributed by atoms with Crippen LogP contribution in [0, 0.1) is 13.8 Å². The molecule has 0 aliphatic heterocycles. The van der Waals surface area contributed by atoms with Gasteiger partial charge in [0.15, 0.2) is 0 Å². The van der Waals surface area contributed by atoms with E-state index < -0.39 is 9.45 Å². The summed E-state index contributed by atoms with van der Waals surface area (Å²) in [6.07, 6.45) is 0. The van der Waals surface area contributed by atoms with Crippen LogP contribution >= 0.6 is 35.8 Å². The molecule has 4 heteroatoms. The van der Waals surface area contributed by atoms with Gasteiger partial charge in [0.25, 0.3) is 0 Å². The Morgan fingerprint density at radius 2 is 1.35 bits per heavy atom. The molecule has 0 radical (unpaired) electrons. The lowest BCUT2D eigenvalue weighted by Gasteiger charge is -2.10. The van der Waals surface area contributed by atoms with E-state index in [0.717, 1.165) is 5.56 Å². The summed E-state index contributed by atoms with van der Waals surface area (Å²) in [5, 5.41) is 0. The third kappa shape index (κ3) is 6.00. The number of halogens is 2. The van der Waals surface area contributed by atoms with E-state index in [1.165, 1.54) is 5.56 Å². The molecule has 0 fully saturated rings. The number of carbonyl (C=O) groups excluding carboxylic acids is 1. The standard InChI is InChI=1S/C9H8Cl2OS.C7H8/c1-6-2-4-7(5-3-6)8(12)9(10,11)13;1-7-5-3-2-4-6-7/h2-5,13H,1H3;2-6H,1H3. The molecule has 1 nitrogen and oxygen atoms in total. The molecular weight excluding hydrogens is 311 g/mol. The monoisotopic (exact) mass is 326 g/mol. The molecule has 0 amide bonds. The zero-order chi connectivity index (χ0) is 15.2. The summed E-state index contributed by atoms with van der Waals surface area (Å²) in [4.78, 5) is 11.4. The van der Waals surface area contributed by atoms with Gasteiger partial charge in [0.1, 0.15) is 0 Å². The van der Waals surface area contributed by atoms with Crippen molar-refractivity contribution in [1.82, 2.24) is 0 Å². The van der Waals surface area contributed by atoms with Crippen LogP contribution in [0.25, 0.3) is 0 Å². The maximum absolute atomic E-state index is 11.4. The molecule has 2 aromatic carbocycles. The Labute approximate surface area is 135 Å². The fourth-order valence-corrected chi connectivity index (χ4v) is 1.76. The lowest BCUT2D eigenvalue weighted by atomic mass is 10.1. The van der Waals surface area contributed by atoms with Gasteiger partial charge >= 0.3 is 0 Å². The minimum absolute atomic E-state index is 0.404. The summed E-state index contributed by atoms with van der Waals surface area (Å²) < 4.78 is -1.64. The van der Waals surface area contributed by atoms with Gasteiger partial charge in [0.2, 0.25) is 9.45 Å². The summed E-state index contributed by atoms with van der Waals surface area (Å²) in [5.74, 6) is -0.404. The number of benzene rings is 2. The Balaban J connectivity index is 0.000000240. The molecule has 0 bridgehead atoms. The second-order valence-electron chi connectivity index (χ2n) is 4.39. The molecule has 0 aromatic heterocycles. The van der Waals surface area contributed by atoms with Crippen molar-refractivity contribution in [2.24, 2.45) is 0 Å². The van der Waals surface area contributed by atoms with Crippen molar-refractivity contribution >= 4 is 41.6 Å². The summed E-state index contributed by atoms with van der Waals surface area (Å²) >= 11 is 14.8. The predicted molar refractivity (Wildman–Crippen MR) is 90.1 cm³/mol. The number of hydrogen-bond acceptors (Lipinski definition) is 2. The number of thiol groups is 1. The van der Waals surface area contributed by atoms with Gasteiger partial charge in [-0.25, -0.2) is 0 Å². The topological polar surface area (TPSA) is 17.1 Å². The lowest BCUT2D eigenvalue weighted by Crippen LogP contribution is -2.18. The minimum Gasteiger partial charge on any atom is -0.290 e. The molecule has 0 saturated heterocycles. The number of ketones is 1. The zero-order valence-electron chi connectivity index (χ0n) is 11.3. The van der Waals surface area contributed by atoms with E-state index in [2.05, 4.69) is 31.7 Å².